The summed E-state index contributed by atoms with van der Waals surface area (Å²) in [6.45, 7) is 0. The highest BCUT2D eigenvalue weighted by Crippen LogP contribution is 2.22. The first-order valence-electron chi connectivity index (χ1n) is 7.90. The van der Waals surface area contributed by atoms with Gasteiger partial charge in [-0.15, -0.1) is 0 Å². The molecule has 0 aliphatic carbocycles. The molecule has 8 nitrogen and oxygen atoms in total. The number of nitrogens with zero attached hydrogens (tertiary/aromatic N) is 2. The molecule has 0 radical (unpaired) electrons. The fourth-order valence-corrected chi connectivity index (χ4v) is 2.78. The summed E-state index contributed by atoms with van der Waals surface area (Å²) in [4.78, 5) is 49.5. The average Bonchev–Trinajstić information content (AvgIpc) is 2.66. The van der Waals surface area contributed by atoms with E-state index in [2.05, 4.69) is 31.8 Å². The number of barbiturate groups is 1. The number of rotatable bonds is 4. The van der Waals surface area contributed by atoms with Crippen LogP contribution in [0.5, 0.6) is 0 Å². The van der Waals surface area contributed by atoms with E-state index in [9.17, 15) is 19.2 Å². The van der Waals surface area contributed by atoms with Crippen molar-refractivity contribution < 1.29 is 19.2 Å². The number of hydrazone groups is 1. The van der Waals surface area contributed by atoms with E-state index >= 15 is 0 Å². The number of imide groups is 2. The summed E-state index contributed by atoms with van der Waals surface area (Å²) in [5, 5.41) is 6.20. The van der Waals surface area contributed by atoms with Crippen molar-refractivity contribution in [1.82, 2.24) is 10.7 Å². The quantitative estimate of drug-likeness (QED) is 0.413. The van der Waals surface area contributed by atoms with E-state index in [0.29, 0.717) is 10.6 Å². The van der Waals surface area contributed by atoms with Gasteiger partial charge in [-0.3, -0.25) is 19.7 Å². The van der Waals surface area contributed by atoms with Gasteiger partial charge in [0.15, 0.2) is 5.92 Å². The zero-order valence-corrected chi connectivity index (χ0v) is 16.4. The highest BCUT2D eigenvalue weighted by Gasteiger charge is 2.40. The number of benzene rings is 2. The van der Waals surface area contributed by atoms with E-state index in [1.165, 1.54) is 24.3 Å². The monoisotopic (exact) mass is 462 g/mol. The molecule has 1 aliphatic rings. The lowest BCUT2D eigenvalue weighted by molar-refractivity contribution is -0.131. The van der Waals surface area contributed by atoms with Crippen LogP contribution in [-0.2, 0) is 9.59 Å². The normalized spacial score (nSPS) is 17.0. The number of carbonyl (C=O) groups is 4. The summed E-state index contributed by atoms with van der Waals surface area (Å²) >= 11 is 9.07. The summed E-state index contributed by atoms with van der Waals surface area (Å²) < 4.78 is 0.809. The van der Waals surface area contributed by atoms with Gasteiger partial charge in [0, 0.05) is 21.3 Å². The number of hydrogen-bond acceptors (Lipinski definition) is 5. The van der Waals surface area contributed by atoms with Gasteiger partial charge in [-0.1, -0.05) is 27.5 Å². The number of urea groups is 1. The first kappa shape index (κ1) is 19.7. The maximum absolute atomic E-state index is 12.6. The molecule has 0 unspecified atom stereocenters. The predicted octanol–water partition coefficient (Wildman–Crippen LogP) is 2.72. The molecule has 2 N–H and O–H groups in total. The molecular formula is C18H12BrClN4O4. The van der Waals surface area contributed by atoms with Gasteiger partial charge in [0.1, 0.15) is 0 Å². The number of carbonyl (C=O) groups excluding carboxylic acids is 4. The molecule has 142 valence electrons. The van der Waals surface area contributed by atoms with Crippen LogP contribution in [0.25, 0.3) is 0 Å². The Hall–Kier alpha value is -3.04. The molecule has 1 heterocycles. The standard InChI is InChI=1S/C18H12BrClN4O4/c19-11-3-1-10(2-4-11)15(25)23-21-9-14-16(26)22-18(28)24(17(14)27)13-7-5-12(20)6-8-13/h1-9,14H,(H,23,25)(H,22,26,28)/b21-9-/t14-/m0/s1. The van der Waals surface area contributed by atoms with E-state index in [1.807, 2.05) is 0 Å². The van der Waals surface area contributed by atoms with Gasteiger partial charge in [0.25, 0.3) is 11.8 Å². The number of amides is 5. The van der Waals surface area contributed by atoms with Crippen molar-refractivity contribution >= 4 is 63.2 Å². The Balaban J connectivity index is 1.74. The molecule has 1 fully saturated rings. The van der Waals surface area contributed by atoms with Crippen molar-refractivity contribution in [2.45, 2.75) is 0 Å². The van der Waals surface area contributed by atoms with Gasteiger partial charge in [-0.2, -0.15) is 5.10 Å². The van der Waals surface area contributed by atoms with Crippen LogP contribution < -0.4 is 15.6 Å². The molecule has 0 spiro atoms. The van der Waals surface area contributed by atoms with Crippen molar-refractivity contribution in [2.24, 2.45) is 11.0 Å². The highest BCUT2D eigenvalue weighted by atomic mass is 79.9. The Morgan fingerprint density at radius 2 is 1.75 bits per heavy atom. The third-order valence-corrected chi connectivity index (χ3v) is 4.56. The summed E-state index contributed by atoms with van der Waals surface area (Å²) in [7, 11) is 0. The van der Waals surface area contributed by atoms with Gasteiger partial charge in [-0.25, -0.2) is 15.1 Å². The lowest BCUT2D eigenvalue weighted by Gasteiger charge is -2.28. The maximum atomic E-state index is 12.6. The SMILES string of the molecule is O=C(N/N=C\[C@H]1C(=O)NC(=O)N(c2ccc(Cl)cc2)C1=O)c1ccc(Br)cc1. The number of anilines is 1. The second kappa shape index (κ2) is 8.32. The zero-order chi connectivity index (χ0) is 20.3. The lowest BCUT2D eigenvalue weighted by Crippen LogP contribution is -2.58. The second-order valence-electron chi connectivity index (χ2n) is 5.65. The highest BCUT2D eigenvalue weighted by molar-refractivity contribution is 9.10. The largest absolute Gasteiger partial charge is 0.335 e. The topological polar surface area (TPSA) is 108 Å². The molecule has 28 heavy (non-hydrogen) atoms. The third-order valence-electron chi connectivity index (χ3n) is 3.78. The minimum atomic E-state index is -1.38. The van der Waals surface area contributed by atoms with E-state index in [4.69, 9.17) is 11.6 Å². The molecule has 1 atom stereocenters. The molecule has 0 bridgehead atoms. The molecule has 2 aromatic rings. The van der Waals surface area contributed by atoms with Crippen LogP contribution in [-0.4, -0.2) is 30.0 Å². The first-order chi connectivity index (χ1) is 13.4. The number of hydrogen-bond donors (Lipinski definition) is 2. The van der Waals surface area contributed by atoms with Crippen LogP contribution in [0.15, 0.2) is 58.1 Å². The molecular weight excluding hydrogens is 452 g/mol. The Morgan fingerprint density at radius 3 is 2.39 bits per heavy atom. The Morgan fingerprint density at radius 1 is 1.11 bits per heavy atom. The molecule has 0 aromatic heterocycles. The molecule has 2 aromatic carbocycles. The van der Waals surface area contributed by atoms with Crippen LogP contribution in [0.2, 0.25) is 5.02 Å². The van der Waals surface area contributed by atoms with Crippen LogP contribution in [0.1, 0.15) is 10.4 Å². The second-order valence-corrected chi connectivity index (χ2v) is 7.00. The fourth-order valence-electron chi connectivity index (χ4n) is 2.39. The number of halogens is 2. The summed E-state index contributed by atoms with van der Waals surface area (Å²) in [5.41, 5.74) is 2.83. The Kier molecular flexibility index (Phi) is 5.86. The lowest BCUT2D eigenvalue weighted by atomic mass is 10.1. The van der Waals surface area contributed by atoms with Crippen molar-refractivity contribution in [3.63, 3.8) is 0 Å². The van der Waals surface area contributed by atoms with Gasteiger partial charge < -0.3 is 0 Å². The Bertz CT molecular complexity index is 976. The number of nitrogens with one attached hydrogen (secondary N) is 2. The van der Waals surface area contributed by atoms with Crippen LogP contribution in [0.3, 0.4) is 0 Å². The van der Waals surface area contributed by atoms with Crippen molar-refractivity contribution in [1.29, 1.82) is 0 Å². The van der Waals surface area contributed by atoms with Crippen molar-refractivity contribution in [3.8, 4) is 0 Å². The molecule has 0 saturated carbocycles. The van der Waals surface area contributed by atoms with Gasteiger partial charge in [0.05, 0.1) is 5.69 Å². The van der Waals surface area contributed by atoms with E-state index in [0.717, 1.165) is 15.6 Å². The fraction of sp³-hybridized carbons (Fsp3) is 0.0556. The van der Waals surface area contributed by atoms with Gasteiger partial charge >= 0.3 is 6.03 Å². The molecule has 3 rings (SSSR count). The smallest absolute Gasteiger partial charge is 0.276 e. The summed E-state index contributed by atoms with van der Waals surface area (Å²) in [5.74, 6) is -3.52. The third kappa shape index (κ3) is 4.26. The average molecular weight is 464 g/mol. The minimum Gasteiger partial charge on any atom is -0.276 e. The van der Waals surface area contributed by atoms with Crippen molar-refractivity contribution in [2.75, 3.05) is 4.90 Å². The van der Waals surface area contributed by atoms with Gasteiger partial charge in [-0.05, 0) is 48.5 Å². The van der Waals surface area contributed by atoms with Crippen LogP contribution in [0.4, 0.5) is 10.5 Å². The van der Waals surface area contributed by atoms with E-state index < -0.39 is 29.7 Å². The summed E-state index contributed by atoms with van der Waals surface area (Å²) in [6.07, 6.45) is 0.976. The molecule has 1 aliphatic heterocycles. The Labute approximate surface area is 172 Å². The van der Waals surface area contributed by atoms with Gasteiger partial charge in [0.2, 0.25) is 5.91 Å². The minimum absolute atomic E-state index is 0.247. The summed E-state index contributed by atoms with van der Waals surface area (Å²) in [6, 6.07) is 11.6. The van der Waals surface area contributed by atoms with Crippen LogP contribution in [0, 0.1) is 5.92 Å². The predicted molar refractivity (Wildman–Crippen MR) is 106 cm³/mol. The van der Waals surface area contributed by atoms with Crippen molar-refractivity contribution in [3.05, 3.63) is 63.6 Å². The molecule has 5 amide bonds. The zero-order valence-electron chi connectivity index (χ0n) is 14.1. The molecule has 1 saturated heterocycles. The first-order valence-corrected chi connectivity index (χ1v) is 9.07. The van der Waals surface area contributed by atoms with E-state index in [-0.39, 0.29) is 5.69 Å². The van der Waals surface area contributed by atoms with Crippen LogP contribution >= 0.6 is 27.5 Å². The maximum Gasteiger partial charge on any atom is 0.335 e. The van der Waals surface area contributed by atoms with E-state index in [1.54, 1.807) is 24.3 Å². The molecule has 10 heteroatoms.